The van der Waals surface area contributed by atoms with Crippen LogP contribution in [-0.4, -0.2) is 33.3 Å². The zero-order valence-corrected chi connectivity index (χ0v) is 21.2. The first-order chi connectivity index (χ1) is 15.7. The summed E-state index contributed by atoms with van der Waals surface area (Å²) in [6.07, 6.45) is 3.75. The number of rotatable bonds is 7. The average molecular weight is 481 g/mol. The Labute approximate surface area is 204 Å². The summed E-state index contributed by atoms with van der Waals surface area (Å²) >= 11 is 6.82. The Morgan fingerprint density at radius 1 is 1.27 bits per heavy atom. The van der Waals surface area contributed by atoms with Crippen LogP contribution in [0.25, 0.3) is 6.08 Å². The van der Waals surface area contributed by atoms with Crippen molar-refractivity contribution in [2.24, 2.45) is 7.05 Å². The maximum Gasteiger partial charge on any atom is 0.270 e. The maximum absolute atomic E-state index is 13.4. The van der Waals surface area contributed by atoms with E-state index >= 15 is 0 Å². The van der Waals surface area contributed by atoms with Gasteiger partial charge in [-0.25, -0.2) is 0 Å². The van der Waals surface area contributed by atoms with E-state index in [1.54, 1.807) is 24.9 Å². The van der Waals surface area contributed by atoms with Crippen molar-refractivity contribution in [1.29, 1.82) is 5.26 Å². The van der Waals surface area contributed by atoms with Gasteiger partial charge in [-0.3, -0.25) is 19.1 Å². The Bertz CT molecular complexity index is 1210. The monoisotopic (exact) mass is 480 g/mol. The Kier molecular flexibility index (Phi) is 7.77. The molecule has 1 amide bonds. The van der Waals surface area contributed by atoms with Crippen LogP contribution in [0.3, 0.4) is 0 Å². The molecule has 1 aromatic carbocycles. The molecule has 1 aliphatic heterocycles. The van der Waals surface area contributed by atoms with Gasteiger partial charge in [0, 0.05) is 26.2 Å². The van der Waals surface area contributed by atoms with Crippen LogP contribution in [0.15, 0.2) is 40.0 Å². The molecule has 1 aromatic heterocycles. The van der Waals surface area contributed by atoms with E-state index in [4.69, 9.17) is 12.2 Å². The summed E-state index contributed by atoms with van der Waals surface area (Å²) in [5.74, 6) is 0.515. The minimum absolute atomic E-state index is 0.0875. The molecule has 1 saturated heterocycles. The molecule has 33 heavy (non-hydrogen) atoms. The molecule has 0 radical (unpaired) electrons. The van der Waals surface area contributed by atoms with Crippen LogP contribution in [-0.2, 0) is 11.8 Å². The first kappa shape index (κ1) is 24.7. The summed E-state index contributed by atoms with van der Waals surface area (Å²) in [4.78, 5) is 30.3. The third kappa shape index (κ3) is 4.75. The molecule has 0 aliphatic carbocycles. The van der Waals surface area contributed by atoms with Crippen molar-refractivity contribution >= 4 is 46.1 Å². The predicted octanol–water partition coefficient (Wildman–Crippen LogP) is 4.76. The van der Waals surface area contributed by atoms with Gasteiger partial charge in [0.15, 0.2) is 0 Å². The number of anilines is 1. The summed E-state index contributed by atoms with van der Waals surface area (Å²) < 4.78 is 1.99. The largest absolute Gasteiger partial charge is 0.360 e. The van der Waals surface area contributed by atoms with Crippen molar-refractivity contribution < 1.29 is 4.79 Å². The van der Waals surface area contributed by atoms with Gasteiger partial charge in [-0.05, 0) is 37.5 Å². The van der Waals surface area contributed by atoms with Crippen LogP contribution < -0.4 is 10.5 Å². The number of carbonyl (C=O) groups is 1. The first-order valence-electron chi connectivity index (χ1n) is 10.9. The Hall–Kier alpha value is -2.89. The predicted molar refractivity (Wildman–Crippen MR) is 139 cm³/mol. The van der Waals surface area contributed by atoms with Crippen molar-refractivity contribution in [3.05, 3.63) is 67.8 Å². The zero-order chi connectivity index (χ0) is 24.3. The van der Waals surface area contributed by atoms with Crippen LogP contribution in [0.2, 0.25) is 0 Å². The summed E-state index contributed by atoms with van der Waals surface area (Å²) in [7, 11) is 3.59. The fourth-order valence-corrected chi connectivity index (χ4v) is 5.40. The van der Waals surface area contributed by atoms with Crippen molar-refractivity contribution in [3.63, 3.8) is 0 Å². The minimum atomic E-state index is -0.337. The third-order valence-corrected chi connectivity index (χ3v) is 7.28. The van der Waals surface area contributed by atoms with Gasteiger partial charge in [-0.1, -0.05) is 67.7 Å². The number of pyridine rings is 1. The Morgan fingerprint density at radius 2 is 1.94 bits per heavy atom. The zero-order valence-electron chi connectivity index (χ0n) is 19.6. The normalized spacial score (nSPS) is 15.8. The minimum Gasteiger partial charge on any atom is -0.360 e. The van der Waals surface area contributed by atoms with Crippen LogP contribution in [0.4, 0.5) is 5.82 Å². The lowest BCUT2D eigenvalue weighted by Crippen LogP contribution is -2.32. The van der Waals surface area contributed by atoms with Gasteiger partial charge in [0.05, 0.1) is 10.9 Å². The Morgan fingerprint density at radius 3 is 2.55 bits per heavy atom. The van der Waals surface area contributed by atoms with E-state index in [2.05, 4.69) is 6.92 Å². The molecular weight excluding hydrogens is 452 g/mol. The number of thiocarbonyl (C=S) groups is 1. The molecular formula is C25H28N4O2S2. The highest BCUT2D eigenvalue weighted by molar-refractivity contribution is 8.26. The Balaban J connectivity index is 2.11. The second-order valence-corrected chi connectivity index (χ2v) is 9.80. The highest BCUT2D eigenvalue weighted by Gasteiger charge is 2.36. The average Bonchev–Trinajstić information content (AvgIpc) is 3.09. The second kappa shape index (κ2) is 10.4. The number of benzene rings is 1. The molecule has 0 spiro atoms. The molecule has 1 unspecified atom stereocenters. The van der Waals surface area contributed by atoms with Crippen molar-refractivity contribution in [3.8, 4) is 6.07 Å². The van der Waals surface area contributed by atoms with Gasteiger partial charge >= 0.3 is 0 Å². The number of carbonyl (C=O) groups excluding carboxylic acids is 1. The van der Waals surface area contributed by atoms with E-state index in [-0.39, 0.29) is 23.1 Å². The molecule has 6 nitrogen and oxygen atoms in total. The van der Waals surface area contributed by atoms with Crippen molar-refractivity contribution in [2.45, 2.75) is 39.7 Å². The third-order valence-electron chi connectivity index (χ3n) is 5.94. The molecule has 2 aromatic rings. The summed E-state index contributed by atoms with van der Waals surface area (Å²) in [6, 6.07) is 11.6. The molecule has 8 heteroatoms. The fraction of sp³-hybridized carbons (Fsp3) is 0.360. The topological polar surface area (TPSA) is 69.3 Å². The van der Waals surface area contributed by atoms with E-state index in [1.807, 2.05) is 55.3 Å². The van der Waals surface area contributed by atoms with Crippen LogP contribution in [0.1, 0.15) is 55.0 Å². The van der Waals surface area contributed by atoms with Crippen molar-refractivity contribution in [1.82, 2.24) is 9.47 Å². The summed E-state index contributed by atoms with van der Waals surface area (Å²) in [5, 5.41) is 9.62. The quantitative estimate of drug-likeness (QED) is 0.420. The van der Waals surface area contributed by atoms with Crippen LogP contribution in [0, 0.1) is 18.3 Å². The van der Waals surface area contributed by atoms with E-state index in [0.717, 1.165) is 24.9 Å². The van der Waals surface area contributed by atoms with E-state index in [1.165, 1.54) is 16.3 Å². The SMILES string of the molecule is CCCCN(C)c1c(C=C2SC(=S)N(C(C)c3ccccc3)C2=O)c(C)c(C#N)c(=O)n1C. The lowest BCUT2D eigenvalue weighted by molar-refractivity contribution is -0.123. The highest BCUT2D eigenvalue weighted by atomic mass is 32.2. The molecule has 0 saturated carbocycles. The molecule has 2 heterocycles. The first-order valence-corrected chi connectivity index (χ1v) is 12.1. The second-order valence-electron chi connectivity index (χ2n) is 8.13. The summed E-state index contributed by atoms with van der Waals surface area (Å²) in [5.41, 5.74) is 2.01. The number of hydrogen-bond donors (Lipinski definition) is 0. The summed E-state index contributed by atoms with van der Waals surface area (Å²) in [6.45, 7) is 6.58. The number of nitriles is 1. The maximum atomic E-state index is 13.4. The molecule has 172 valence electrons. The molecule has 1 fully saturated rings. The number of unbranched alkanes of at least 4 members (excludes halogenated alkanes) is 1. The van der Waals surface area contributed by atoms with E-state index in [9.17, 15) is 14.9 Å². The fourth-order valence-electron chi connectivity index (χ4n) is 4.00. The molecule has 1 atom stereocenters. The van der Waals surface area contributed by atoms with Crippen LogP contribution in [0.5, 0.6) is 0 Å². The van der Waals surface area contributed by atoms with Gasteiger partial charge < -0.3 is 4.90 Å². The van der Waals surface area contributed by atoms with Crippen molar-refractivity contribution in [2.75, 3.05) is 18.5 Å². The van der Waals surface area contributed by atoms with Crippen LogP contribution >= 0.6 is 24.0 Å². The van der Waals surface area contributed by atoms with Gasteiger partial charge in [-0.2, -0.15) is 5.26 Å². The number of thioether (sulfide) groups is 1. The number of aromatic nitrogens is 1. The van der Waals surface area contributed by atoms with E-state index in [0.29, 0.717) is 26.2 Å². The smallest absolute Gasteiger partial charge is 0.270 e. The molecule has 0 bridgehead atoms. The lowest BCUT2D eigenvalue weighted by atomic mass is 10.0. The van der Waals surface area contributed by atoms with E-state index < -0.39 is 0 Å². The highest BCUT2D eigenvalue weighted by Crippen LogP contribution is 2.39. The lowest BCUT2D eigenvalue weighted by Gasteiger charge is -2.26. The number of hydrogen-bond acceptors (Lipinski definition) is 6. The molecule has 0 N–H and O–H groups in total. The number of nitrogens with zero attached hydrogens (tertiary/aromatic N) is 4. The van der Waals surface area contributed by atoms with Gasteiger partial charge in [0.1, 0.15) is 21.8 Å². The standard InChI is InChI=1S/C25H28N4O2S2/c1-6-7-13-27(4)22-19(16(2)20(15-26)23(30)28(22)5)14-21-24(31)29(25(32)33-21)17(3)18-11-9-8-10-12-18/h8-12,14,17H,6-7,13H2,1-5H3. The number of amides is 1. The van der Waals surface area contributed by atoms with Gasteiger partial charge in [-0.15, -0.1) is 0 Å². The molecule has 3 rings (SSSR count). The van der Waals surface area contributed by atoms with Gasteiger partial charge in [0.2, 0.25) is 0 Å². The molecule has 1 aliphatic rings. The van der Waals surface area contributed by atoms with Gasteiger partial charge in [0.25, 0.3) is 11.5 Å².